The molecule has 5 heteroatoms. The summed E-state index contributed by atoms with van der Waals surface area (Å²) < 4.78 is 4.81. The van der Waals surface area contributed by atoms with E-state index in [-0.39, 0.29) is 11.8 Å². The minimum Gasteiger partial charge on any atom is -0.450 e. The molecule has 1 aromatic carbocycles. The van der Waals surface area contributed by atoms with Crippen molar-refractivity contribution in [2.75, 3.05) is 26.2 Å². The maximum Gasteiger partial charge on any atom is 0.407 e. The first kappa shape index (κ1) is 15.4. The average molecular weight is 290 g/mol. The SMILES string of the molecule is CCOC(=O)NCC1CC(=O)N(CCc2ccccc2)C1. The summed E-state index contributed by atoms with van der Waals surface area (Å²) >= 11 is 0. The highest BCUT2D eigenvalue weighted by molar-refractivity contribution is 5.78. The summed E-state index contributed by atoms with van der Waals surface area (Å²) in [6.07, 6.45) is 0.957. The molecule has 0 saturated carbocycles. The first-order valence-electron chi connectivity index (χ1n) is 7.41. The average Bonchev–Trinajstić information content (AvgIpc) is 2.85. The Kier molecular flexibility index (Phi) is 5.60. The third-order valence-electron chi connectivity index (χ3n) is 3.62. The number of carbonyl (C=O) groups excluding carboxylic acids is 2. The summed E-state index contributed by atoms with van der Waals surface area (Å²) in [5.41, 5.74) is 1.23. The third kappa shape index (κ3) is 4.77. The van der Waals surface area contributed by atoms with E-state index in [4.69, 9.17) is 4.74 Å². The van der Waals surface area contributed by atoms with Crippen LogP contribution < -0.4 is 5.32 Å². The highest BCUT2D eigenvalue weighted by Gasteiger charge is 2.29. The van der Waals surface area contributed by atoms with E-state index < -0.39 is 6.09 Å². The van der Waals surface area contributed by atoms with Gasteiger partial charge in [0.05, 0.1) is 6.61 Å². The number of rotatable bonds is 6. The number of hydrogen-bond acceptors (Lipinski definition) is 3. The molecule has 0 aromatic heterocycles. The van der Waals surface area contributed by atoms with Gasteiger partial charge in [0.2, 0.25) is 5.91 Å². The summed E-state index contributed by atoms with van der Waals surface area (Å²) in [6, 6.07) is 10.1. The van der Waals surface area contributed by atoms with Crippen LogP contribution in [0.15, 0.2) is 30.3 Å². The van der Waals surface area contributed by atoms with Gasteiger partial charge in [-0.3, -0.25) is 4.79 Å². The van der Waals surface area contributed by atoms with Crippen LogP contribution in [0.3, 0.4) is 0 Å². The molecule has 1 atom stereocenters. The molecule has 21 heavy (non-hydrogen) atoms. The maximum absolute atomic E-state index is 12.0. The Balaban J connectivity index is 1.73. The van der Waals surface area contributed by atoms with Crippen molar-refractivity contribution in [2.24, 2.45) is 5.92 Å². The van der Waals surface area contributed by atoms with Crippen LogP contribution in [0.2, 0.25) is 0 Å². The van der Waals surface area contributed by atoms with Crippen molar-refractivity contribution in [3.05, 3.63) is 35.9 Å². The van der Waals surface area contributed by atoms with Gasteiger partial charge in [-0.25, -0.2) is 4.79 Å². The van der Waals surface area contributed by atoms with Crippen molar-refractivity contribution in [2.45, 2.75) is 19.8 Å². The molecule has 0 aliphatic carbocycles. The molecule has 1 unspecified atom stereocenters. The Morgan fingerprint density at radius 1 is 1.38 bits per heavy atom. The summed E-state index contributed by atoms with van der Waals surface area (Å²) in [5.74, 6) is 0.347. The van der Waals surface area contributed by atoms with Crippen LogP contribution in [-0.4, -0.2) is 43.1 Å². The zero-order valence-corrected chi connectivity index (χ0v) is 12.4. The number of benzene rings is 1. The number of ether oxygens (including phenoxy) is 1. The van der Waals surface area contributed by atoms with E-state index in [0.29, 0.717) is 26.1 Å². The molecule has 1 aromatic rings. The molecular weight excluding hydrogens is 268 g/mol. The topological polar surface area (TPSA) is 58.6 Å². The Bertz CT molecular complexity index is 476. The van der Waals surface area contributed by atoms with Gasteiger partial charge in [0.25, 0.3) is 0 Å². The van der Waals surface area contributed by atoms with Gasteiger partial charge in [-0.15, -0.1) is 0 Å². The fourth-order valence-electron chi connectivity index (χ4n) is 2.53. The van der Waals surface area contributed by atoms with Crippen LogP contribution in [0.25, 0.3) is 0 Å². The number of alkyl carbamates (subject to hydrolysis) is 1. The van der Waals surface area contributed by atoms with Crippen molar-refractivity contribution >= 4 is 12.0 Å². The van der Waals surface area contributed by atoms with Crippen molar-refractivity contribution in [1.29, 1.82) is 0 Å². The summed E-state index contributed by atoms with van der Waals surface area (Å²) in [5, 5.41) is 2.70. The molecule has 1 aliphatic rings. The van der Waals surface area contributed by atoms with Gasteiger partial charge in [-0.1, -0.05) is 30.3 Å². The van der Waals surface area contributed by atoms with Gasteiger partial charge in [-0.05, 0) is 18.9 Å². The highest BCUT2D eigenvalue weighted by Crippen LogP contribution is 2.17. The quantitative estimate of drug-likeness (QED) is 0.869. The molecule has 1 fully saturated rings. The minimum atomic E-state index is -0.410. The normalized spacial score (nSPS) is 17.9. The van der Waals surface area contributed by atoms with Gasteiger partial charge >= 0.3 is 6.09 Å². The molecular formula is C16H22N2O3. The second kappa shape index (κ2) is 7.67. The molecule has 1 aliphatic heterocycles. The fraction of sp³-hybridized carbons (Fsp3) is 0.500. The van der Waals surface area contributed by atoms with Crippen LogP contribution >= 0.6 is 0 Å². The number of nitrogens with zero attached hydrogens (tertiary/aromatic N) is 1. The zero-order valence-electron chi connectivity index (χ0n) is 12.4. The van der Waals surface area contributed by atoms with Gasteiger partial charge in [0, 0.05) is 32.0 Å². The van der Waals surface area contributed by atoms with Crippen molar-refractivity contribution in [3.63, 3.8) is 0 Å². The van der Waals surface area contributed by atoms with E-state index in [0.717, 1.165) is 13.0 Å². The van der Waals surface area contributed by atoms with Crippen LogP contribution in [-0.2, 0) is 16.0 Å². The Morgan fingerprint density at radius 3 is 2.86 bits per heavy atom. The van der Waals surface area contributed by atoms with Gasteiger partial charge in [-0.2, -0.15) is 0 Å². The summed E-state index contributed by atoms with van der Waals surface area (Å²) in [4.78, 5) is 25.1. The molecule has 1 heterocycles. The molecule has 1 N–H and O–H groups in total. The minimum absolute atomic E-state index is 0.168. The standard InChI is InChI=1S/C16H22N2O3/c1-2-21-16(20)17-11-14-10-15(19)18(12-14)9-8-13-6-4-3-5-7-13/h3-7,14H,2,8-12H2,1H3,(H,17,20). The lowest BCUT2D eigenvalue weighted by molar-refractivity contribution is -0.127. The first-order valence-corrected chi connectivity index (χ1v) is 7.41. The predicted molar refractivity (Wildman–Crippen MR) is 79.9 cm³/mol. The van der Waals surface area contributed by atoms with E-state index in [1.807, 2.05) is 23.1 Å². The molecule has 0 radical (unpaired) electrons. The number of likely N-dealkylation sites (tertiary alicyclic amines) is 1. The van der Waals surface area contributed by atoms with Gasteiger partial charge in [0.15, 0.2) is 0 Å². The Hall–Kier alpha value is -2.04. The predicted octanol–water partition coefficient (Wildman–Crippen LogP) is 1.82. The second-order valence-electron chi connectivity index (χ2n) is 5.25. The molecule has 114 valence electrons. The van der Waals surface area contributed by atoms with E-state index in [1.54, 1.807) is 6.92 Å². The molecule has 2 rings (SSSR count). The number of hydrogen-bond donors (Lipinski definition) is 1. The number of amides is 2. The first-order chi connectivity index (χ1) is 10.2. The van der Waals surface area contributed by atoms with Gasteiger partial charge < -0.3 is 15.0 Å². The third-order valence-corrected chi connectivity index (χ3v) is 3.62. The van der Waals surface area contributed by atoms with E-state index in [9.17, 15) is 9.59 Å². The Labute approximate surface area is 125 Å². The lowest BCUT2D eigenvalue weighted by Gasteiger charge is -2.16. The van der Waals surface area contributed by atoms with Crippen LogP contribution in [0, 0.1) is 5.92 Å². The fourth-order valence-corrected chi connectivity index (χ4v) is 2.53. The van der Waals surface area contributed by atoms with Crippen LogP contribution in [0.4, 0.5) is 4.79 Å². The lowest BCUT2D eigenvalue weighted by atomic mass is 10.1. The molecule has 1 saturated heterocycles. The number of nitrogens with one attached hydrogen (secondary N) is 1. The van der Waals surface area contributed by atoms with Crippen molar-refractivity contribution < 1.29 is 14.3 Å². The van der Waals surface area contributed by atoms with E-state index in [2.05, 4.69) is 17.4 Å². The van der Waals surface area contributed by atoms with Crippen LogP contribution in [0.5, 0.6) is 0 Å². The number of carbonyl (C=O) groups is 2. The van der Waals surface area contributed by atoms with E-state index >= 15 is 0 Å². The van der Waals surface area contributed by atoms with E-state index in [1.165, 1.54) is 5.56 Å². The smallest absolute Gasteiger partial charge is 0.407 e. The lowest BCUT2D eigenvalue weighted by Crippen LogP contribution is -2.32. The van der Waals surface area contributed by atoms with Gasteiger partial charge in [0.1, 0.15) is 0 Å². The molecule has 0 bridgehead atoms. The molecule has 2 amide bonds. The zero-order chi connectivity index (χ0) is 15.1. The monoisotopic (exact) mass is 290 g/mol. The van der Waals surface area contributed by atoms with Crippen molar-refractivity contribution in [3.8, 4) is 0 Å². The summed E-state index contributed by atoms with van der Waals surface area (Å²) in [7, 11) is 0. The largest absolute Gasteiger partial charge is 0.450 e. The molecule has 5 nitrogen and oxygen atoms in total. The highest BCUT2D eigenvalue weighted by atomic mass is 16.5. The maximum atomic E-state index is 12.0. The second-order valence-corrected chi connectivity index (χ2v) is 5.25. The van der Waals surface area contributed by atoms with Crippen LogP contribution in [0.1, 0.15) is 18.9 Å². The van der Waals surface area contributed by atoms with Crippen molar-refractivity contribution in [1.82, 2.24) is 10.2 Å². The Morgan fingerprint density at radius 2 is 2.14 bits per heavy atom. The molecule has 0 spiro atoms. The summed E-state index contributed by atoms with van der Waals surface area (Å²) in [6.45, 7) is 4.06.